The van der Waals surface area contributed by atoms with E-state index in [1.807, 2.05) is 0 Å². The van der Waals surface area contributed by atoms with Gasteiger partial charge >= 0.3 is 0 Å². The van der Waals surface area contributed by atoms with Crippen molar-refractivity contribution in [3.63, 3.8) is 0 Å². The Morgan fingerprint density at radius 2 is 2.55 bits per heavy atom. The fraction of sp³-hybridized carbons (Fsp3) is 0.250. The first-order valence-electron chi connectivity index (χ1n) is 3.36. The molecule has 0 radical (unpaired) electrons. The van der Waals surface area contributed by atoms with Gasteiger partial charge in [0.05, 0.1) is 18.9 Å². The van der Waals surface area contributed by atoms with Gasteiger partial charge in [0.1, 0.15) is 0 Å². The molecule has 0 aliphatic carbocycles. The van der Waals surface area contributed by atoms with Crippen LogP contribution in [0.1, 0.15) is 5.56 Å². The molecule has 0 aliphatic heterocycles. The van der Waals surface area contributed by atoms with Crippen LogP contribution in [0.4, 0.5) is 4.39 Å². The van der Waals surface area contributed by atoms with Gasteiger partial charge in [0.25, 0.3) is 0 Å². The molecule has 0 aromatic carbocycles. The molecular formula is C8H10FNO. The molecule has 3 heteroatoms. The van der Waals surface area contributed by atoms with Crippen molar-refractivity contribution in [1.29, 1.82) is 0 Å². The Bertz CT molecular complexity index is 228. The summed E-state index contributed by atoms with van der Waals surface area (Å²) in [5.74, 6) is 0. The van der Waals surface area contributed by atoms with Crippen molar-refractivity contribution < 1.29 is 8.81 Å². The van der Waals surface area contributed by atoms with Crippen molar-refractivity contribution in [2.75, 3.05) is 6.54 Å². The molecule has 0 unspecified atom stereocenters. The number of furan rings is 1. The van der Waals surface area contributed by atoms with Crippen LogP contribution >= 0.6 is 0 Å². The summed E-state index contributed by atoms with van der Waals surface area (Å²) < 4.78 is 16.8. The fourth-order valence-electron chi connectivity index (χ4n) is 0.811. The van der Waals surface area contributed by atoms with Gasteiger partial charge in [0.15, 0.2) is 0 Å². The number of halogens is 1. The van der Waals surface area contributed by atoms with E-state index in [4.69, 9.17) is 10.2 Å². The van der Waals surface area contributed by atoms with Crippen LogP contribution in [0, 0.1) is 0 Å². The molecule has 60 valence electrons. The van der Waals surface area contributed by atoms with Crippen LogP contribution in [0.25, 0.3) is 0 Å². The van der Waals surface area contributed by atoms with Crippen molar-refractivity contribution in [2.45, 2.75) is 6.42 Å². The molecule has 1 heterocycles. The van der Waals surface area contributed by atoms with Gasteiger partial charge in [0, 0.05) is 13.0 Å². The minimum absolute atomic E-state index is 0.252. The van der Waals surface area contributed by atoms with Crippen LogP contribution in [-0.2, 0) is 6.42 Å². The number of hydrogen-bond donors (Lipinski definition) is 1. The lowest BCUT2D eigenvalue weighted by Gasteiger charge is -1.97. The van der Waals surface area contributed by atoms with Crippen molar-refractivity contribution in [2.24, 2.45) is 5.73 Å². The third-order valence-electron chi connectivity index (χ3n) is 1.43. The highest BCUT2D eigenvalue weighted by molar-refractivity contribution is 5.16. The Kier molecular flexibility index (Phi) is 2.86. The van der Waals surface area contributed by atoms with Crippen LogP contribution in [0.15, 0.2) is 34.9 Å². The first-order valence-corrected chi connectivity index (χ1v) is 3.36. The maximum atomic E-state index is 12.0. The standard InChI is InChI=1S/C8H10FNO/c9-4-8(5-10)3-7-1-2-11-6-7/h1-2,4,6H,3,5,10H2/b8-4+. The normalized spacial score (nSPS) is 12.0. The van der Waals surface area contributed by atoms with Crippen LogP contribution in [-0.4, -0.2) is 6.54 Å². The molecule has 0 saturated carbocycles. The summed E-state index contributed by atoms with van der Waals surface area (Å²) >= 11 is 0. The molecule has 11 heavy (non-hydrogen) atoms. The van der Waals surface area contributed by atoms with Crippen molar-refractivity contribution in [3.8, 4) is 0 Å². The highest BCUT2D eigenvalue weighted by Crippen LogP contribution is 2.07. The maximum absolute atomic E-state index is 12.0. The topological polar surface area (TPSA) is 39.2 Å². The van der Waals surface area contributed by atoms with E-state index in [9.17, 15) is 4.39 Å². The van der Waals surface area contributed by atoms with Gasteiger partial charge in [0.2, 0.25) is 0 Å². The highest BCUT2D eigenvalue weighted by atomic mass is 19.1. The van der Waals surface area contributed by atoms with Gasteiger partial charge in [-0.1, -0.05) is 0 Å². The fourth-order valence-corrected chi connectivity index (χ4v) is 0.811. The van der Waals surface area contributed by atoms with Gasteiger partial charge in [-0.05, 0) is 17.2 Å². The zero-order chi connectivity index (χ0) is 8.10. The second kappa shape index (κ2) is 3.93. The lowest BCUT2D eigenvalue weighted by molar-refractivity contribution is 0.564. The molecule has 0 amide bonds. The van der Waals surface area contributed by atoms with Crippen LogP contribution in [0.5, 0.6) is 0 Å². The molecule has 0 saturated heterocycles. The lowest BCUT2D eigenvalue weighted by atomic mass is 10.1. The molecule has 2 N–H and O–H groups in total. The molecule has 1 aromatic heterocycles. The molecular weight excluding hydrogens is 145 g/mol. The maximum Gasteiger partial charge on any atom is 0.0937 e. The Morgan fingerprint density at radius 1 is 1.73 bits per heavy atom. The van der Waals surface area contributed by atoms with Gasteiger partial charge in [-0.3, -0.25) is 0 Å². The van der Waals surface area contributed by atoms with E-state index >= 15 is 0 Å². The molecule has 0 aliphatic rings. The first kappa shape index (κ1) is 8.01. The Hall–Kier alpha value is -1.09. The van der Waals surface area contributed by atoms with Crippen molar-refractivity contribution in [3.05, 3.63) is 36.1 Å². The van der Waals surface area contributed by atoms with E-state index in [0.717, 1.165) is 5.56 Å². The summed E-state index contributed by atoms with van der Waals surface area (Å²) in [5, 5.41) is 0. The molecule has 0 spiro atoms. The molecule has 0 atom stereocenters. The molecule has 1 rings (SSSR count). The largest absolute Gasteiger partial charge is 0.472 e. The van der Waals surface area contributed by atoms with Gasteiger partial charge in [-0.2, -0.15) is 0 Å². The number of nitrogens with two attached hydrogens (primary N) is 1. The minimum atomic E-state index is 0.252. The van der Waals surface area contributed by atoms with E-state index in [1.165, 1.54) is 0 Å². The van der Waals surface area contributed by atoms with E-state index in [-0.39, 0.29) is 6.54 Å². The van der Waals surface area contributed by atoms with Gasteiger partial charge < -0.3 is 10.2 Å². The lowest BCUT2D eigenvalue weighted by Crippen LogP contribution is -2.04. The summed E-state index contributed by atoms with van der Waals surface area (Å²) in [6.07, 6.45) is 4.22. The molecule has 1 aromatic rings. The Balaban J connectivity index is 2.55. The summed E-state index contributed by atoms with van der Waals surface area (Å²) in [5.41, 5.74) is 6.78. The summed E-state index contributed by atoms with van der Waals surface area (Å²) in [4.78, 5) is 0. The molecule has 2 nitrogen and oxygen atoms in total. The van der Waals surface area contributed by atoms with Crippen LogP contribution in [0.2, 0.25) is 0 Å². The predicted octanol–water partition coefficient (Wildman–Crippen LogP) is 1.63. The van der Waals surface area contributed by atoms with Crippen LogP contribution in [0.3, 0.4) is 0 Å². The average Bonchev–Trinajstić information content (AvgIpc) is 2.52. The Morgan fingerprint density at radius 3 is 3.00 bits per heavy atom. The monoisotopic (exact) mass is 155 g/mol. The average molecular weight is 155 g/mol. The predicted molar refractivity (Wildman–Crippen MR) is 40.7 cm³/mol. The number of rotatable bonds is 3. The summed E-state index contributed by atoms with van der Waals surface area (Å²) in [6, 6.07) is 1.79. The Labute approximate surface area is 64.5 Å². The minimum Gasteiger partial charge on any atom is -0.472 e. The third-order valence-corrected chi connectivity index (χ3v) is 1.43. The second-order valence-corrected chi connectivity index (χ2v) is 2.28. The zero-order valence-electron chi connectivity index (χ0n) is 6.09. The highest BCUT2D eigenvalue weighted by Gasteiger charge is 1.98. The SMILES string of the molecule is NC/C(=C/F)Cc1ccoc1. The second-order valence-electron chi connectivity index (χ2n) is 2.28. The summed E-state index contributed by atoms with van der Waals surface area (Å²) in [6.45, 7) is 0.252. The van der Waals surface area contributed by atoms with Gasteiger partial charge in [-0.25, -0.2) is 4.39 Å². The quantitative estimate of drug-likeness (QED) is 0.720. The van der Waals surface area contributed by atoms with E-state index < -0.39 is 0 Å². The zero-order valence-corrected chi connectivity index (χ0v) is 6.09. The first-order chi connectivity index (χ1) is 5.36. The van der Waals surface area contributed by atoms with Crippen LogP contribution < -0.4 is 5.73 Å². The van der Waals surface area contributed by atoms with E-state index in [2.05, 4.69) is 0 Å². The smallest absolute Gasteiger partial charge is 0.0937 e. The van der Waals surface area contributed by atoms with Crippen molar-refractivity contribution >= 4 is 0 Å². The third kappa shape index (κ3) is 2.20. The van der Waals surface area contributed by atoms with Crippen molar-refractivity contribution in [1.82, 2.24) is 0 Å². The molecule has 0 bridgehead atoms. The number of hydrogen-bond acceptors (Lipinski definition) is 2. The van der Waals surface area contributed by atoms with E-state index in [1.54, 1.807) is 18.6 Å². The summed E-state index contributed by atoms with van der Waals surface area (Å²) in [7, 11) is 0. The van der Waals surface area contributed by atoms with E-state index in [0.29, 0.717) is 18.3 Å². The molecule has 0 fully saturated rings. The van der Waals surface area contributed by atoms with Gasteiger partial charge in [-0.15, -0.1) is 0 Å².